The Morgan fingerprint density at radius 2 is 2.07 bits per heavy atom. The molecule has 1 aromatic rings. The van der Waals surface area contributed by atoms with Gasteiger partial charge in [0.2, 0.25) is 0 Å². The van der Waals surface area contributed by atoms with Crippen LogP contribution in [0, 0.1) is 6.92 Å². The number of hydrogen-bond donors (Lipinski definition) is 2. The lowest BCUT2D eigenvalue weighted by atomic mass is 9.92. The van der Waals surface area contributed by atoms with Crippen LogP contribution in [0.5, 0.6) is 0 Å². The summed E-state index contributed by atoms with van der Waals surface area (Å²) in [6.07, 6.45) is 6.67. The lowest BCUT2D eigenvalue weighted by Crippen LogP contribution is -2.32. The number of rotatable bonds is 2. The first-order valence-electron chi connectivity index (χ1n) is 5.67. The van der Waals surface area contributed by atoms with Gasteiger partial charge in [-0.25, -0.2) is 0 Å². The van der Waals surface area contributed by atoms with Crippen LogP contribution in [-0.2, 0) is 7.05 Å². The van der Waals surface area contributed by atoms with Gasteiger partial charge in [-0.2, -0.15) is 5.10 Å². The maximum Gasteiger partial charge on any atom is 0.0825 e. The van der Waals surface area contributed by atoms with Crippen LogP contribution in [0.1, 0.15) is 31.4 Å². The zero-order valence-corrected chi connectivity index (χ0v) is 9.53. The monoisotopic (exact) mass is 208 g/mol. The minimum atomic E-state index is 0.415. The Morgan fingerprint density at radius 1 is 1.40 bits per heavy atom. The second-order valence-corrected chi connectivity index (χ2v) is 4.56. The first kappa shape index (κ1) is 10.5. The van der Waals surface area contributed by atoms with Crippen molar-refractivity contribution in [3.8, 4) is 0 Å². The van der Waals surface area contributed by atoms with Gasteiger partial charge in [0.1, 0.15) is 0 Å². The highest BCUT2D eigenvalue weighted by molar-refractivity contribution is 5.46. The molecule has 0 amide bonds. The van der Waals surface area contributed by atoms with Crippen molar-refractivity contribution in [3.05, 3.63) is 11.9 Å². The molecule has 4 nitrogen and oxygen atoms in total. The summed E-state index contributed by atoms with van der Waals surface area (Å²) in [5.41, 5.74) is 8.12. The predicted octanol–water partition coefficient (Wildman–Crippen LogP) is 1.41. The molecule has 1 aromatic heterocycles. The summed E-state index contributed by atoms with van der Waals surface area (Å²) in [6.45, 7) is 2.04. The van der Waals surface area contributed by atoms with Crippen LogP contribution in [0.3, 0.4) is 0 Å². The van der Waals surface area contributed by atoms with Gasteiger partial charge in [-0.3, -0.25) is 4.68 Å². The normalized spacial score (nSPS) is 26.6. The maximum atomic E-state index is 5.88. The van der Waals surface area contributed by atoms with Gasteiger partial charge in [0, 0.05) is 25.3 Å². The van der Waals surface area contributed by atoms with Crippen LogP contribution in [0.2, 0.25) is 0 Å². The number of aromatic nitrogens is 2. The van der Waals surface area contributed by atoms with Gasteiger partial charge in [0.15, 0.2) is 0 Å². The molecule has 4 heteroatoms. The molecule has 0 bridgehead atoms. The third-order valence-corrected chi connectivity index (χ3v) is 3.14. The standard InChI is InChI=1S/C11H20N4/c1-8-11(7-15(2)14-8)13-10-5-3-9(12)4-6-10/h7,9-10,13H,3-6,12H2,1-2H3. The SMILES string of the molecule is Cc1nn(C)cc1NC1CCC(N)CC1. The van der Waals surface area contributed by atoms with Crippen molar-refractivity contribution < 1.29 is 0 Å². The molecule has 0 radical (unpaired) electrons. The fourth-order valence-electron chi connectivity index (χ4n) is 2.22. The van der Waals surface area contributed by atoms with Gasteiger partial charge in [0.05, 0.1) is 11.4 Å². The molecule has 2 rings (SSSR count). The van der Waals surface area contributed by atoms with Gasteiger partial charge < -0.3 is 11.1 Å². The number of nitrogens with zero attached hydrogens (tertiary/aromatic N) is 2. The van der Waals surface area contributed by atoms with Crippen LogP contribution >= 0.6 is 0 Å². The van der Waals surface area contributed by atoms with Crippen LogP contribution in [-0.4, -0.2) is 21.9 Å². The van der Waals surface area contributed by atoms with Crippen LogP contribution in [0.15, 0.2) is 6.20 Å². The van der Waals surface area contributed by atoms with Gasteiger partial charge >= 0.3 is 0 Å². The Labute approximate surface area is 90.8 Å². The van der Waals surface area contributed by atoms with Gasteiger partial charge in [-0.05, 0) is 32.6 Å². The van der Waals surface area contributed by atoms with E-state index in [2.05, 4.69) is 10.4 Å². The Kier molecular flexibility index (Phi) is 2.95. The van der Waals surface area contributed by atoms with Crippen LogP contribution < -0.4 is 11.1 Å². The second kappa shape index (κ2) is 4.23. The Balaban J connectivity index is 1.94. The Bertz CT molecular complexity index is 323. The van der Waals surface area contributed by atoms with E-state index in [9.17, 15) is 0 Å². The van der Waals surface area contributed by atoms with Gasteiger partial charge in [-0.1, -0.05) is 0 Å². The zero-order chi connectivity index (χ0) is 10.8. The summed E-state index contributed by atoms with van der Waals surface area (Å²) < 4.78 is 1.85. The highest BCUT2D eigenvalue weighted by Gasteiger charge is 2.19. The van der Waals surface area contributed by atoms with Crippen molar-refractivity contribution in [3.63, 3.8) is 0 Å². The van der Waals surface area contributed by atoms with E-state index >= 15 is 0 Å². The Morgan fingerprint density at radius 3 is 2.60 bits per heavy atom. The predicted molar refractivity (Wildman–Crippen MR) is 61.8 cm³/mol. The highest BCUT2D eigenvalue weighted by atomic mass is 15.3. The number of nitrogens with two attached hydrogens (primary N) is 1. The lowest BCUT2D eigenvalue weighted by molar-refractivity contribution is 0.411. The largest absolute Gasteiger partial charge is 0.380 e. The summed E-state index contributed by atoms with van der Waals surface area (Å²) in [7, 11) is 1.95. The molecular weight excluding hydrogens is 188 g/mol. The van der Waals surface area contributed by atoms with E-state index in [1.54, 1.807) is 0 Å². The van der Waals surface area contributed by atoms with Crippen molar-refractivity contribution >= 4 is 5.69 Å². The lowest BCUT2D eigenvalue weighted by Gasteiger charge is -2.27. The molecule has 1 fully saturated rings. The van der Waals surface area contributed by atoms with E-state index in [-0.39, 0.29) is 0 Å². The first-order valence-corrected chi connectivity index (χ1v) is 5.67. The molecule has 0 aromatic carbocycles. The van der Waals surface area contributed by atoms with Gasteiger partial charge in [0.25, 0.3) is 0 Å². The molecule has 0 spiro atoms. The third kappa shape index (κ3) is 2.50. The molecule has 0 unspecified atom stereocenters. The molecule has 84 valence electrons. The van der Waals surface area contributed by atoms with E-state index in [1.165, 1.54) is 12.8 Å². The second-order valence-electron chi connectivity index (χ2n) is 4.56. The molecule has 1 heterocycles. The van der Waals surface area contributed by atoms with Crippen molar-refractivity contribution in [2.45, 2.75) is 44.7 Å². The first-order chi connectivity index (χ1) is 7.15. The summed E-state index contributed by atoms with van der Waals surface area (Å²) in [4.78, 5) is 0. The molecule has 1 saturated carbocycles. The zero-order valence-electron chi connectivity index (χ0n) is 9.53. The van der Waals surface area contributed by atoms with Gasteiger partial charge in [-0.15, -0.1) is 0 Å². The van der Waals surface area contributed by atoms with Crippen molar-refractivity contribution in [1.29, 1.82) is 0 Å². The minimum absolute atomic E-state index is 0.415. The van der Waals surface area contributed by atoms with E-state index in [0.29, 0.717) is 12.1 Å². The average molecular weight is 208 g/mol. The minimum Gasteiger partial charge on any atom is -0.380 e. The van der Waals surface area contributed by atoms with E-state index in [0.717, 1.165) is 24.2 Å². The van der Waals surface area contributed by atoms with E-state index in [4.69, 9.17) is 5.73 Å². The summed E-state index contributed by atoms with van der Waals surface area (Å²) in [5, 5.41) is 7.87. The summed E-state index contributed by atoms with van der Waals surface area (Å²) in [6, 6.07) is 0.991. The number of aryl methyl sites for hydroxylation is 2. The number of hydrogen-bond acceptors (Lipinski definition) is 3. The van der Waals surface area contributed by atoms with E-state index in [1.807, 2.05) is 24.9 Å². The van der Waals surface area contributed by atoms with Crippen molar-refractivity contribution in [2.24, 2.45) is 12.8 Å². The third-order valence-electron chi connectivity index (χ3n) is 3.14. The average Bonchev–Trinajstić information content (AvgIpc) is 2.49. The topological polar surface area (TPSA) is 55.9 Å². The molecule has 1 aliphatic carbocycles. The molecule has 0 saturated heterocycles. The van der Waals surface area contributed by atoms with Crippen LogP contribution in [0.25, 0.3) is 0 Å². The fraction of sp³-hybridized carbons (Fsp3) is 0.727. The molecular formula is C11H20N4. The summed E-state index contributed by atoms with van der Waals surface area (Å²) >= 11 is 0. The molecule has 1 aliphatic rings. The molecule has 0 aliphatic heterocycles. The smallest absolute Gasteiger partial charge is 0.0825 e. The van der Waals surface area contributed by atoms with Crippen LogP contribution in [0.4, 0.5) is 5.69 Å². The van der Waals surface area contributed by atoms with Crippen molar-refractivity contribution in [1.82, 2.24) is 9.78 Å². The molecule has 3 N–H and O–H groups in total. The molecule has 0 atom stereocenters. The number of anilines is 1. The Hall–Kier alpha value is -1.03. The fourth-order valence-corrected chi connectivity index (χ4v) is 2.22. The number of nitrogens with one attached hydrogen (secondary N) is 1. The maximum absolute atomic E-state index is 5.88. The summed E-state index contributed by atoms with van der Waals surface area (Å²) in [5.74, 6) is 0. The molecule has 15 heavy (non-hydrogen) atoms. The van der Waals surface area contributed by atoms with Crippen molar-refractivity contribution in [2.75, 3.05) is 5.32 Å². The van der Waals surface area contributed by atoms with E-state index < -0.39 is 0 Å². The quantitative estimate of drug-likeness (QED) is 0.772. The highest BCUT2D eigenvalue weighted by Crippen LogP contribution is 2.22.